The van der Waals surface area contributed by atoms with E-state index in [9.17, 15) is 5.11 Å². The fraction of sp³-hybridized carbons (Fsp3) is 0.500. The molecule has 0 bridgehead atoms. The number of aliphatic hydroxyl groups is 1. The highest BCUT2D eigenvalue weighted by Gasteiger charge is 2.27. The molecule has 76 valence electrons. The molecule has 14 heavy (non-hydrogen) atoms. The Hall–Kier alpha value is -0.860. The summed E-state index contributed by atoms with van der Waals surface area (Å²) in [5.41, 5.74) is 1.33. The SMILES string of the molecule is C[C@H]1CN(Cc2ccccc2)C[C@@H]1O. The zero-order valence-electron chi connectivity index (χ0n) is 8.56. The molecule has 2 atom stereocenters. The molecule has 2 heteroatoms. The van der Waals surface area contributed by atoms with Crippen molar-refractivity contribution in [2.45, 2.75) is 19.6 Å². The van der Waals surface area contributed by atoms with Crippen molar-refractivity contribution in [2.24, 2.45) is 5.92 Å². The van der Waals surface area contributed by atoms with E-state index in [1.807, 2.05) is 6.07 Å². The van der Waals surface area contributed by atoms with Crippen LogP contribution in [0, 0.1) is 5.92 Å². The molecule has 1 heterocycles. The summed E-state index contributed by atoms with van der Waals surface area (Å²) in [7, 11) is 0. The van der Waals surface area contributed by atoms with Crippen molar-refractivity contribution in [3.05, 3.63) is 35.9 Å². The molecular weight excluding hydrogens is 174 g/mol. The molecule has 2 rings (SSSR count). The van der Waals surface area contributed by atoms with Crippen LogP contribution in [0.3, 0.4) is 0 Å². The smallest absolute Gasteiger partial charge is 0.0704 e. The maximum atomic E-state index is 9.60. The van der Waals surface area contributed by atoms with Crippen LogP contribution >= 0.6 is 0 Å². The summed E-state index contributed by atoms with van der Waals surface area (Å²) in [5.74, 6) is 0.415. The summed E-state index contributed by atoms with van der Waals surface area (Å²) < 4.78 is 0. The van der Waals surface area contributed by atoms with E-state index < -0.39 is 0 Å². The number of β-amino-alcohol motifs (C(OH)–C–C–N with tert-alkyl or cyclic N) is 1. The number of hydrogen-bond donors (Lipinski definition) is 1. The molecule has 2 nitrogen and oxygen atoms in total. The van der Waals surface area contributed by atoms with Crippen molar-refractivity contribution >= 4 is 0 Å². The molecule has 0 aromatic heterocycles. The quantitative estimate of drug-likeness (QED) is 0.765. The number of aliphatic hydroxyl groups excluding tert-OH is 1. The summed E-state index contributed by atoms with van der Waals surface area (Å²) >= 11 is 0. The molecular formula is C12H17NO. The highest BCUT2D eigenvalue weighted by atomic mass is 16.3. The maximum Gasteiger partial charge on any atom is 0.0704 e. The summed E-state index contributed by atoms with van der Waals surface area (Å²) in [5, 5.41) is 9.60. The van der Waals surface area contributed by atoms with E-state index in [2.05, 4.69) is 36.1 Å². The largest absolute Gasteiger partial charge is 0.391 e. The number of likely N-dealkylation sites (tertiary alicyclic amines) is 1. The summed E-state index contributed by atoms with van der Waals surface area (Å²) in [6, 6.07) is 10.4. The van der Waals surface area contributed by atoms with E-state index in [-0.39, 0.29) is 6.10 Å². The number of hydrogen-bond acceptors (Lipinski definition) is 2. The van der Waals surface area contributed by atoms with Crippen LogP contribution < -0.4 is 0 Å². The van der Waals surface area contributed by atoms with Crippen LogP contribution in [0.2, 0.25) is 0 Å². The van der Waals surface area contributed by atoms with Gasteiger partial charge in [-0.15, -0.1) is 0 Å². The van der Waals surface area contributed by atoms with E-state index in [4.69, 9.17) is 0 Å². The van der Waals surface area contributed by atoms with Crippen molar-refractivity contribution in [1.29, 1.82) is 0 Å². The van der Waals surface area contributed by atoms with Crippen LogP contribution in [0.25, 0.3) is 0 Å². The van der Waals surface area contributed by atoms with E-state index in [0.29, 0.717) is 5.92 Å². The second-order valence-corrected chi connectivity index (χ2v) is 4.22. The molecule has 1 aromatic carbocycles. The minimum Gasteiger partial charge on any atom is -0.391 e. The molecule has 0 saturated carbocycles. The molecule has 0 unspecified atom stereocenters. The zero-order chi connectivity index (χ0) is 9.97. The van der Waals surface area contributed by atoms with Crippen LogP contribution in [0.5, 0.6) is 0 Å². The van der Waals surface area contributed by atoms with Crippen molar-refractivity contribution in [3.63, 3.8) is 0 Å². The molecule has 0 amide bonds. The lowest BCUT2D eigenvalue weighted by Crippen LogP contribution is -2.21. The highest BCUT2D eigenvalue weighted by molar-refractivity contribution is 5.14. The third-order valence-corrected chi connectivity index (χ3v) is 2.90. The molecule has 1 aromatic rings. The van der Waals surface area contributed by atoms with Crippen molar-refractivity contribution in [1.82, 2.24) is 4.90 Å². The first kappa shape index (κ1) is 9.69. The van der Waals surface area contributed by atoms with E-state index in [0.717, 1.165) is 19.6 Å². The van der Waals surface area contributed by atoms with E-state index in [1.165, 1.54) is 5.56 Å². The zero-order valence-corrected chi connectivity index (χ0v) is 8.56. The Kier molecular flexibility index (Phi) is 2.85. The van der Waals surface area contributed by atoms with Crippen molar-refractivity contribution in [2.75, 3.05) is 13.1 Å². The van der Waals surface area contributed by atoms with Gasteiger partial charge in [-0.1, -0.05) is 37.3 Å². The normalized spacial score (nSPS) is 28.1. The average Bonchev–Trinajstić information content (AvgIpc) is 2.47. The maximum absolute atomic E-state index is 9.60. The Bertz CT molecular complexity index is 276. The van der Waals surface area contributed by atoms with E-state index >= 15 is 0 Å². The lowest BCUT2D eigenvalue weighted by Gasteiger charge is -2.14. The molecule has 0 spiro atoms. The van der Waals surface area contributed by atoms with Crippen LogP contribution in [-0.2, 0) is 6.54 Å². The third-order valence-electron chi connectivity index (χ3n) is 2.90. The molecule has 1 fully saturated rings. The number of benzene rings is 1. The average molecular weight is 191 g/mol. The Morgan fingerprint density at radius 1 is 1.29 bits per heavy atom. The highest BCUT2D eigenvalue weighted by Crippen LogP contribution is 2.18. The molecule has 1 saturated heterocycles. The molecule has 0 radical (unpaired) electrons. The summed E-state index contributed by atoms with van der Waals surface area (Å²) in [6.45, 7) is 4.89. The standard InChI is InChI=1S/C12H17NO/c1-10-7-13(9-12(10)14)8-11-5-3-2-4-6-11/h2-6,10,12,14H,7-9H2,1H3/t10-,12-/m0/s1. The van der Waals surface area contributed by atoms with Crippen LogP contribution in [0.1, 0.15) is 12.5 Å². The van der Waals surface area contributed by atoms with Gasteiger partial charge >= 0.3 is 0 Å². The van der Waals surface area contributed by atoms with Gasteiger partial charge in [-0.25, -0.2) is 0 Å². The first-order valence-corrected chi connectivity index (χ1v) is 5.20. The minimum atomic E-state index is -0.140. The Balaban J connectivity index is 1.94. The van der Waals surface area contributed by atoms with Crippen molar-refractivity contribution < 1.29 is 5.11 Å². The fourth-order valence-electron chi connectivity index (χ4n) is 2.02. The lowest BCUT2D eigenvalue weighted by molar-refractivity contribution is 0.147. The van der Waals surface area contributed by atoms with Gasteiger partial charge in [0.2, 0.25) is 0 Å². The topological polar surface area (TPSA) is 23.5 Å². The van der Waals surface area contributed by atoms with Gasteiger partial charge in [0.1, 0.15) is 0 Å². The second-order valence-electron chi connectivity index (χ2n) is 4.22. The second kappa shape index (κ2) is 4.11. The number of rotatable bonds is 2. The summed E-state index contributed by atoms with van der Waals surface area (Å²) in [4.78, 5) is 2.31. The van der Waals surface area contributed by atoms with Gasteiger partial charge < -0.3 is 5.11 Å². The molecule has 1 N–H and O–H groups in total. The molecule has 0 aliphatic carbocycles. The Labute approximate surface area is 85.2 Å². The predicted molar refractivity (Wildman–Crippen MR) is 56.9 cm³/mol. The van der Waals surface area contributed by atoms with Gasteiger partial charge in [0.15, 0.2) is 0 Å². The van der Waals surface area contributed by atoms with Crippen LogP contribution in [0.4, 0.5) is 0 Å². The van der Waals surface area contributed by atoms with E-state index in [1.54, 1.807) is 0 Å². The molecule has 1 aliphatic rings. The monoisotopic (exact) mass is 191 g/mol. The Morgan fingerprint density at radius 2 is 2.00 bits per heavy atom. The predicted octanol–water partition coefficient (Wildman–Crippen LogP) is 1.50. The fourth-order valence-corrected chi connectivity index (χ4v) is 2.02. The summed E-state index contributed by atoms with van der Waals surface area (Å²) in [6.07, 6.45) is -0.140. The van der Waals surface area contributed by atoms with Gasteiger partial charge in [0, 0.05) is 19.6 Å². The van der Waals surface area contributed by atoms with Gasteiger partial charge in [0.05, 0.1) is 6.10 Å². The third kappa shape index (κ3) is 2.14. The first-order chi connectivity index (χ1) is 6.75. The number of nitrogens with zero attached hydrogens (tertiary/aromatic N) is 1. The van der Waals surface area contributed by atoms with Crippen LogP contribution in [-0.4, -0.2) is 29.2 Å². The minimum absolute atomic E-state index is 0.140. The van der Waals surface area contributed by atoms with Gasteiger partial charge in [-0.3, -0.25) is 4.90 Å². The lowest BCUT2D eigenvalue weighted by atomic mass is 10.1. The van der Waals surface area contributed by atoms with Gasteiger partial charge in [-0.2, -0.15) is 0 Å². The Morgan fingerprint density at radius 3 is 2.57 bits per heavy atom. The van der Waals surface area contributed by atoms with Crippen molar-refractivity contribution in [3.8, 4) is 0 Å². The first-order valence-electron chi connectivity index (χ1n) is 5.20. The molecule has 1 aliphatic heterocycles. The van der Waals surface area contributed by atoms with Crippen LogP contribution in [0.15, 0.2) is 30.3 Å². The van der Waals surface area contributed by atoms with Gasteiger partial charge in [-0.05, 0) is 11.5 Å². The van der Waals surface area contributed by atoms with Gasteiger partial charge in [0.25, 0.3) is 0 Å².